The predicted molar refractivity (Wildman–Crippen MR) is 64.7 cm³/mol. The molecule has 11 heteroatoms. The fourth-order valence-corrected chi connectivity index (χ4v) is 4.13. The van der Waals surface area contributed by atoms with Crippen LogP contribution < -0.4 is 11.1 Å². The van der Waals surface area contributed by atoms with E-state index >= 15 is 0 Å². The summed E-state index contributed by atoms with van der Waals surface area (Å²) in [5.41, 5.74) is 1.43. The summed E-state index contributed by atoms with van der Waals surface area (Å²) in [5.74, 6) is -4.09. The number of nitrogens with zero attached hydrogens (tertiary/aromatic N) is 1. The molecule has 1 saturated carbocycles. The number of carbonyl (C=O) groups excluding carboxylic acids is 1. The highest BCUT2D eigenvalue weighted by Crippen LogP contribution is 2.58. The van der Waals surface area contributed by atoms with Gasteiger partial charge in [-0.05, 0) is 0 Å². The zero-order valence-electron chi connectivity index (χ0n) is 11.0. The second-order valence-corrected chi connectivity index (χ2v) is 6.07. The van der Waals surface area contributed by atoms with Gasteiger partial charge in [0.05, 0.1) is 5.92 Å². The first-order valence-electron chi connectivity index (χ1n) is 6.63. The maximum Gasteiger partial charge on any atom is 0.311 e. The molecule has 4 aliphatic heterocycles. The zero-order chi connectivity index (χ0) is 16.1. The summed E-state index contributed by atoms with van der Waals surface area (Å²) in [6, 6.07) is 0. The Morgan fingerprint density at radius 2 is 1.86 bits per heavy atom. The molecule has 4 heterocycles. The molecule has 0 amide bonds. The summed E-state index contributed by atoms with van der Waals surface area (Å²) < 4.78 is 10.1. The van der Waals surface area contributed by atoms with Crippen LogP contribution in [0, 0.1) is 5.92 Å². The molecular formula is C11H15N3O8. The third kappa shape index (κ3) is 1.23. The van der Waals surface area contributed by atoms with E-state index in [2.05, 4.69) is 10.3 Å². The van der Waals surface area contributed by atoms with Crippen LogP contribution in [0.5, 0.6) is 0 Å². The molecular weight excluding hydrogens is 302 g/mol. The highest BCUT2D eigenvalue weighted by molar-refractivity contribution is 5.81. The van der Waals surface area contributed by atoms with Crippen molar-refractivity contribution in [3.63, 3.8) is 0 Å². The molecule has 5 aliphatic rings. The van der Waals surface area contributed by atoms with Gasteiger partial charge in [0.1, 0.15) is 23.9 Å². The standard InChI is InChI=1S/C11H15N3O8/c12-8-13-6(17)2-4-9(19,1-15)5-3(16)10(2,14-8)7(18)11(20,21-4)22-5/h1-7,16-20H,(H3,12,13,14)/t2-,3?,4-,5+,6-,7+,9+,10-,11+/m1/s1. The summed E-state index contributed by atoms with van der Waals surface area (Å²) in [7, 11) is 0. The van der Waals surface area contributed by atoms with Crippen LogP contribution in [0.4, 0.5) is 0 Å². The molecule has 11 nitrogen and oxygen atoms in total. The maximum absolute atomic E-state index is 11.4. The van der Waals surface area contributed by atoms with E-state index in [1.165, 1.54) is 0 Å². The lowest BCUT2D eigenvalue weighted by Gasteiger charge is -2.70. The van der Waals surface area contributed by atoms with Gasteiger partial charge in [-0.25, -0.2) is 4.99 Å². The van der Waals surface area contributed by atoms with Gasteiger partial charge in [-0.1, -0.05) is 0 Å². The average Bonchev–Trinajstić information content (AvgIpc) is 2.45. The minimum atomic E-state index is -2.56. The number of guanidine groups is 1. The number of nitrogens with one attached hydrogen (secondary N) is 1. The lowest BCUT2D eigenvalue weighted by Crippen LogP contribution is -2.95. The normalized spacial score (nSPS) is 62.1. The second-order valence-electron chi connectivity index (χ2n) is 6.07. The average molecular weight is 317 g/mol. The van der Waals surface area contributed by atoms with Crippen molar-refractivity contribution in [1.29, 1.82) is 0 Å². The van der Waals surface area contributed by atoms with E-state index in [9.17, 15) is 30.3 Å². The van der Waals surface area contributed by atoms with Crippen molar-refractivity contribution in [2.45, 2.75) is 47.8 Å². The quantitative estimate of drug-likeness (QED) is 0.230. The molecule has 1 unspecified atom stereocenters. The third-order valence-electron chi connectivity index (χ3n) is 5.08. The van der Waals surface area contributed by atoms with Crippen molar-refractivity contribution in [3.05, 3.63) is 0 Å². The number of aliphatic hydroxyl groups excluding tert-OH is 3. The molecule has 122 valence electrons. The van der Waals surface area contributed by atoms with Crippen molar-refractivity contribution in [1.82, 2.24) is 5.32 Å². The molecule has 9 atom stereocenters. The molecule has 22 heavy (non-hydrogen) atoms. The lowest BCUT2D eigenvalue weighted by atomic mass is 9.55. The van der Waals surface area contributed by atoms with Crippen LogP contribution in [0.1, 0.15) is 0 Å². The fourth-order valence-electron chi connectivity index (χ4n) is 4.13. The Hall–Kier alpha value is -1.34. The van der Waals surface area contributed by atoms with E-state index in [1.807, 2.05) is 0 Å². The topological polar surface area (TPSA) is 187 Å². The van der Waals surface area contributed by atoms with Crippen LogP contribution in [0.2, 0.25) is 0 Å². The van der Waals surface area contributed by atoms with Gasteiger partial charge in [0.15, 0.2) is 30.2 Å². The number of aldehydes is 1. The molecule has 1 spiro atoms. The predicted octanol–water partition coefficient (Wildman–Crippen LogP) is -5.31. The second kappa shape index (κ2) is 3.76. The molecule has 3 saturated heterocycles. The highest BCUT2D eigenvalue weighted by atomic mass is 16.9. The Morgan fingerprint density at radius 3 is 2.50 bits per heavy atom. The van der Waals surface area contributed by atoms with E-state index in [0.717, 1.165) is 0 Å². The van der Waals surface area contributed by atoms with Crippen molar-refractivity contribution in [3.8, 4) is 0 Å². The lowest BCUT2D eigenvalue weighted by molar-refractivity contribution is -0.540. The van der Waals surface area contributed by atoms with Crippen LogP contribution in [0.3, 0.4) is 0 Å². The minimum absolute atomic E-state index is 0.112. The number of aliphatic hydroxyl groups is 5. The Kier molecular flexibility index (Phi) is 2.44. The number of ether oxygens (including phenoxy) is 2. The van der Waals surface area contributed by atoms with Gasteiger partial charge in [-0.15, -0.1) is 0 Å². The van der Waals surface area contributed by atoms with E-state index in [1.54, 1.807) is 0 Å². The summed E-state index contributed by atoms with van der Waals surface area (Å²) in [6.45, 7) is 0. The van der Waals surface area contributed by atoms with Gasteiger partial charge >= 0.3 is 5.97 Å². The first-order chi connectivity index (χ1) is 10.2. The van der Waals surface area contributed by atoms with Crippen molar-refractivity contribution >= 4 is 12.2 Å². The van der Waals surface area contributed by atoms with Gasteiger partial charge in [0.2, 0.25) is 0 Å². The van der Waals surface area contributed by atoms with E-state index in [4.69, 9.17) is 15.2 Å². The smallest absolute Gasteiger partial charge is 0.311 e. The number of carbonyl (C=O) groups is 1. The summed E-state index contributed by atoms with van der Waals surface area (Å²) in [6.07, 6.45) is -8.05. The molecule has 1 aliphatic carbocycles. The molecule has 8 N–H and O–H groups in total. The van der Waals surface area contributed by atoms with Crippen molar-refractivity contribution < 1.29 is 39.8 Å². The van der Waals surface area contributed by atoms with E-state index in [0.29, 0.717) is 0 Å². The molecule has 0 aromatic heterocycles. The molecule has 0 aromatic rings. The van der Waals surface area contributed by atoms with Crippen LogP contribution in [-0.4, -0.2) is 85.5 Å². The van der Waals surface area contributed by atoms with Gasteiger partial charge in [0.25, 0.3) is 0 Å². The van der Waals surface area contributed by atoms with E-state index in [-0.39, 0.29) is 12.2 Å². The number of hydrogen-bond donors (Lipinski definition) is 7. The van der Waals surface area contributed by atoms with Crippen LogP contribution in [0.25, 0.3) is 0 Å². The monoisotopic (exact) mass is 317 g/mol. The summed E-state index contributed by atoms with van der Waals surface area (Å²) >= 11 is 0. The SMILES string of the molecule is NC1=N[C@H](O)[C@H]2[C@H]3O[C@]4(O)O[C@@H](C(O)[C@@]2(N1)[C@@H]4O)[C@]3(O)C=O. The van der Waals surface area contributed by atoms with Crippen LogP contribution in [-0.2, 0) is 14.3 Å². The molecule has 0 radical (unpaired) electrons. The Labute approximate surface area is 123 Å². The van der Waals surface area contributed by atoms with Gasteiger partial charge in [-0.3, -0.25) is 4.79 Å². The highest BCUT2D eigenvalue weighted by Gasteiger charge is 2.83. The van der Waals surface area contributed by atoms with Gasteiger partial charge < -0.3 is 46.1 Å². The molecule has 5 rings (SSSR count). The Morgan fingerprint density at radius 1 is 1.23 bits per heavy atom. The summed E-state index contributed by atoms with van der Waals surface area (Å²) in [4.78, 5) is 15.0. The number of aliphatic imine (C=N–C) groups is 1. The Balaban J connectivity index is 1.96. The van der Waals surface area contributed by atoms with Crippen LogP contribution >= 0.6 is 0 Å². The number of nitrogens with two attached hydrogens (primary N) is 1. The van der Waals surface area contributed by atoms with Gasteiger partial charge in [0, 0.05) is 0 Å². The largest absolute Gasteiger partial charge is 0.388 e. The molecule has 4 fully saturated rings. The molecule has 4 bridgehead atoms. The van der Waals surface area contributed by atoms with Gasteiger partial charge in [-0.2, -0.15) is 0 Å². The van der Waals surface area contributed by atoms with E-state index < -0.39 is 53.7 Å². The maximum atomic E-state index is 11.4. The fraction of sp³-hybridized carbons (Fsp3) is 0.818. The number of hydrogen-bond acceptors (Lipinski definition) is 11. The molecule has 0 aromatic carbocycles. The summed E-state index contributed by atoms with van der Waals surface area (Å²) in [5, 5.41) is 54.5. The van der Waals surface area contributed by atoms with Crippen LogP contribution in [0.15, 0.2) is 4.99 Å². The third-order valence-corrected chi connectivity index (χ3v) is 5.08. The number of rotatable bonds is 1. The first kappa shape index (κ1) is 14.3. The first-order valence-corrected chi connectivity index (χ1v) is 6.63. The minimum Gasteiger partial charge on any atom is -0.388 e. The zero-order valence-corrected chi connectivity index (χ0v) is 11.0. The van der Waals surface area contributed by atoms with Crippen molar-refractivity contribution in [2.75, 3.05) is 0 Å². The van der Waals surface area contributed by atoms with Crippen molar-refractivity contribution in [2.24, 2.45) is 16.6 Å². The Bertz CT molecular complexity index is 588.